The van der Waals surface area contributed by atoms with Gasteiger partial charge in [0.25, 0.3) is 0 Å². The third kappa shape index (κ3) is 19.5. The molecule has 0 aliphatic carbocycles. The van der Waals surface area contributed by atoms with Crippen LogP contribution < -0.4 is 5.32 Å². The normalized spacial score (nSPS) is 12.3. The average Bonchev–Trinajstić information content (AvgIpc) is 2.87. The third-order valence-corrected chi connectivity index (χ3v) is 7.47. The Morgan fingerprint density at radius 2 is 0.853 bits per heavy atom. The van der Waals surface area contributed by atoms with Gasteiger partial charge in [0.1, 0.15) is 0 Å². The minimum Gasteiger partial charge on any atom is -0.310 e. The van der Waals surface area contributed by atoms with Crippen molar-refractivity contribution in [3.8, 4) is 0 Å². The monoisotopic (exact) mass is 471 g/mol. The molecule has 1 nitrogen and oxygen atoms in total. The van der Waals surface area contributed by atoms with E-state index >= 15 is 0 Å². The summed E-state index contributed by atoms with van der Waals surface area (Å²) in [5.74, 6) is 0. The van der Waals surface area contributed by atoms with Crippen LogP contribution >= 0.6 is 0 Å². The topological polar surface area (TPSA) is 12.0 Å². The van der Waals surface area contributed by atoms with Gasteiger partial charge < -0.3 is 5.32 Å². The molecule has 34 heavy (non-hydrogen) atoms. The number of unbranched alkanes of at least 4 members (excludes halogenated alkanes) is 20. The van der Waals surface area contributed by atoms with Crippen molar-refractivity contribution in [2.75, 3.05) is 6.54 Å². The molecule has 1 heteroatoms. The molecule has 0 amide bonds. The molecule has 1 aromatic carbocycles. The first-order valence-corrected chi connectivity index (χ1v) is 15.7. The summed E-state index contributed by atoms with van der Waals surface area (Å²) in [4.78, 5) is 0. The molecular weight excluding hydrogens is 410 g/mol. The van der Waals surface area contributed by atoms with Gasteiger partial charge in [-0.05, 0) is 24.9 Å². The highest BCUT2D eigenvalue weighted by Gasteiger charge is 2.10. The van der Waals surface area contributed by atoms with E-state index in [1.54, 1.807) is 0 Å². The highest BCUT2D eigenvalue weighted by Crippen LogP contribution is 2.21. The van der Waals surface area contributed by atoms with E-state index in [-0.39, 0.29) is 0 Å². The van der Waals surface area contributed by atoms with Crippen LogP contribution in [-0.4, -0.2) is 6.54 Å². The van der Waals surface area contributed by atoms with Gasteiger partial charge in [0.15, 0.2) is 0 Å². The zero-order valence-corrected chi connectivity index (χ0v) is 23.4. The van der Waals surface area contributed by atoms with Crippen molar-refractivity contribution in [1.29, 1.82) is 0 Å². The van der Waals surface area contributed by atoms with Crippen molar-refractivity contribution < 1.29 is 0 Å². The van der Waals surface area contributed by atoms with E-state index in [2.05, 4.69) is 49.5 Å². The van der Waals surface area contributed by atoms with Crippen molar-refractivity contribution >= 4 is 0 Å². The summed E-state index contributed by atoms with van der Waals surface area (Å²) < 4.78 is 0. The van der Waals surface area contributed by atoms with Crippen LogP contribution in [0.25, 0.3) is 0 Å². The lowest BCUT2D eigenvalue weighted by Gasteiger charge is -2.19. The number of benzene rings is 1. The van der Waals surface area contributed by atoms with Crippen molar-refractivity contribution in [3.05, 3.63) is 35.9 Å². The summed E-state index contributed by atoms with van der Waals surface area (Å²) in [6, 6.07) is 11.7. The molecule has 0 fully saturated rings. The van der Waals surface area contributed by atoms with Crippen LogP contribution in [0.2, 0.25) is 0 Å². The molecule has 0 bridgehead atoms. The van der Waals surface area contributed by atoms with Gasteiger partial charge in [-0.25, -0.2) is 0 Å². The van der Waals surface area contributed by atoms with Crippen molar-refractivity contribution in [2.45, 2.75) is 168 Å². The quantitative estimate of drug-likeness (QED) is 0.132. The Hall–Kier alpha value is -0.820. The first-order valence-electron chi connectivity index (χ1n) is 15.7. The van der Waals surface area contributed by atoms with Crippen LogP contribution in [0.15, 0.2) is 30.3 Å². The molecule has 1 atom stereocenters. The minimum absolute atomic E-state index is 0.544. The van der Waals surface area contributed by atoms with Crippen molar-refractivity contribution in [2.24, 2.45) is 0 Å². The number of hydrogen-bond acceptors (Lipinski definition) is 1. The van der Waals surface area contributed by atoms with E-state index < -0.39 is 0 Å². The maximum Gasteiger partial charge on any atom is 0.0320 e. The third-order valence-electron chi connectivity index (χ3n) is 7.47. The lowest BCUT2D eigenvalue weighted by molar-refractivity contribution is 0.452. The minimum atomic E-state index is 0.544. The Kier molecular flexibility index (Phi) is 23.2. The Balaban J connectivity index is 2.05. The van der Waals surface area contributed by atoms with Crippen LogP contribution in [0.4, 0.5) is 0 Å². The van der Waals surface area contributed by atoms with Gasteiger partial charge in [-0.1, -0.05) is 179 Å². The Morgan fingerprint density at radius 3 is 1.29 bits per heavy atom. The SMILES string of the molecule is CCCCCCCCCCCCCCC(NCCCCCCCCCCCC)c1ccccc1. The summed E-state index contributed by atoms with van der Waals surface area (Å²) in [6.07, 6.45) is 32.6. The van der Waals surface area contributed by atoms with E-state index in [0.717, 1.165) is 0 Å². The van der Waals surface area contributed by atoms with Crippen LogP contribution in [0, 0.1) is 0 Å². The standard InChI is InChI=1S/C33H61N/c1-3-5-7-9-11-13-15-16-17-19-21-26-30-33(32-28-24-23-25-29-32)34-31-27-22-20-18-14-12-10-8-6-4-2/h23-25,28-29,33-34H,3-22,26-27,30-31H2,1-2H3. The molecule has 1 N–H and O–H groups in total. The molecule has 0 aliphatic heterocycles. The summed E-state index contributed by atoms with van der Waals surface area (Å²) >= 11 is 0. The lowest BCUT2D eigenvalue weighted by Crippen LogP contribution is -2.22. The lowest BCUT2D eigenvalue weighted by atomic mass is 9.99. The van der Waals surface area contributed by atoms with Crippen molar-refractivity contribution in [1.82, 2.24) is 5.32 Å². The van der Waals surface area contributed by atoms with E-state index in [0.29, 0.717) is 6.04 Å². The van der Waals surface area contributed by atoms with Gasteiger partial charge in [0.2, 0.25) is 0 Å². The molecular formula is C33H61N. The fraction of sp³-hybridized carbons (Fsp3) is 0.818. The first-order chi connectivity index (χ1) is 16.9. The largest absolute Gasteiger partial charge is 0.310 e. The average molecular weight is 472 g/mol. The Bertz CT molecular complexity index is 497. The maximum absolute atomic E-state index is 3.90. The molecule has 0 aromatic heterocycles. The summed E-state index contributed by atoms with van der Waals surface area (Å²) in [6.45, 7) is 5.78. The first kappa shape index (κ1) is 31.2. The zero-order valence-electron chi connectivity index (χ0n) is 23.4. The van der Waals surface area contributed by atoms with E-state index in [4.69, 9.17) is 0 Å². The highest BCUT2D eigenvalue weighted by molar-refractivity contribution is 5.18. The summed E-state index contributed by atoms with van der Waals surface area (Å²) in [5.41, 5.74) is 1.48. The maximum atomic E-state index is 3.90. The molecule has 0 spiro atoms. The van der Waals surface area contributed by atoms with Gasteiger partial charge in [-0.2, -0.15) is 0 Å². The second kappa shape index (κ2) is 25.3. The fourth-order valence-corrected chi connectivity index (χ4v) is 5.15. The number of rotatable bonds is 26. The second-order valence-corrected chi connectivity index (χ2v) is 10.8. The molecule has 0 aliphatic rings. The van der Waals surface area contributed by atoms with E-state index in [1.807, 2.05) is 0 Å². The molecule has 1 aromatic rings. The molecule has 1 unspecified atom stereocenters. The predicted octanol–water partition coefficient (Wildman–Crippen LogP) is 11.3. The van der Waals surface area contributed by atoms with E-state index in [1.165, 1.54) is 160 Å². The zero-order chi connectivity index (χ0) is 24.4. The molecule has 0 saturated carbocycles. The molecule has 0 saturated heterocycles. The van der Waals surface area contributed by atoms with Gasteiger partial charge in [-0.15, -0.1) is 0 Å². The fourth-order valence-electron chi connectivity index (χ4n) is 5.15. The summed E-state index contributed by atoms with van der Waals surface area (Å²) in [7, 11) is 0. The molecule has 0 radical (unpaired) electrons. The number of hydrogen-bond donors (Lipinski definition) is 1. The van der Waals surface area contributed by atoms with E-state index in [9.17, 15) is 0 Å². The van der Waals surface area contributed by atoms with Gasteiger partial charge in [-0.3, -0.25) is 0 Å². The molecule has 198 valence electrons. The van der Waals surface area contributed by atoms with Crippen LogP contribution in [0.5, 0.6) is 0 Å². The van der Waals surface area contributed by atoms with Gasteiger partial charge >= 0.3 is 0 Å². The smallest absolute Gasteiger partial charge is 0.0320 e. The van der Waals surface area contributed by atoms with Crippen LogP contribution in [0.1, 0.15) is 173 Å². The second-order valence-electron chi connectivity index (χ2n) is 10.8. The predicted molar refractivity (Wildman–Crippen MR) is 155 cm³/mol. The van der Waals surface area contributed by atoms with Crippen LogP contribution in [-0.2, 0) is 0 Å². The molecule has 0 heterocycles. The van der Waals surface area contributed by atoms with Crippen LogP contribution in [0.3, 0.4) is 0 Å². The Morgan fingerprint density at radius 1 is 0.471 bits per heavy atom. The van der Waals surface area contributed by atoms with Gasteiger partial charge in [0.05, 0.1) is 0 Å². The summed E-state index contributed by atoms with van der Waals surface area (Å²) in [5, 5.41) is 3.90. The molecule has 1 rings (SSSR count). The van der Waals surface area contributed by atoms with Crippen molar-refractivity contribution in [3.63, 3.8) is 0 Å². The Labute approximate surface area is 215 Å². The number of nitrogens with one attached hydrogen (secondary N) is 1. The highest BCUT2D eigenvalue weighted by atomic mass is 14.9. The van der Waals surface area contributed by atoms with Gasteiger partial charge in [0, 0.05) is 6.04 Å².